The van der Waals surface area contributed by atoms with Gasteiger partial charge in [-0.15, -0.1) is 0 Å². The van der Waals surface area contributed by atoms with Crippen molar-refractivity contribution in [3.63, 3.8) is 0 Å². The van der Waals surface area contributed by atoms with Crippen LogP contribution in [-0.2, 0) is 6.54 Å². The zero-order valence-corrected chi connectivity index (χ0v) is 17.2. The van der Waals surface area contributed by atoms with Gasteiger partial charge in [-0.1, -0.05) is 41.9 Å². The van der Waals surface area contributed by atoms with Gasteiger partial charge in [0, 0.05) is 47.5 Å². The zero-order valence-electron chi connectivity index (χ0n) is 16.4. The number of rotatable bonds is 2. The number of aromatic nitrogens is 1. The van der Waals surface area contributed by atoms with Crippen LogP contribution in [0.4, 0.5) is 10.5 Å². The second-order valence-electron chi connectivity index (χ2n) is 8.09. The number of nitrogens with zero attached hydrogens (tertiary/aromatic N) is 2. The first kappa shape index (κ1) is 18.9. The number of hydrogen-bond donors (Lipinski definition) is 1. The summed E-state index contributed by atoms with van der Waals surface area (Å²) in [5, 5.41) is 3.63. The Morgan fingerprint density at radius 2 is 1.70 bits per heavy atom. The van der Waals surface area contributed by atoms with E-state index in [0.717, 1.165) is 23.4 Å². The number of nitrogens with one attached hydrogen (secondary N) is 1. The number of likely N-dealkylation sites (tertiary alicyclic amines) is 1. The third kappa shape index (κ3) is 3.50. The molecular weight excluding hydrogens is 398 g/mol. The summed E-state index contributed by atoms with van der Waals surface area (Å²) in [6, 6.07) is 20.7. The number of carbonyl (C=O) groups excluding carboxylic acids is 1. The van der Waals surface area contributed by atoms with Gasteiger partial charge in [0.25, 0.3) is 5.56 Å². The Morgan fingerprint density at radius 1 is 0.933 bits per heavy atom. The van der Waals surface area contributed by atoms with Crippen molar-refractivity contribution in [2.45, 2.75) is 18.9 Å². The van der Waals surface area contributed by atoms with Crippen LogP contribution in [0.2, 0.25) is 5.02 Å². The van der Waals surface area contributed by atoms with Crippen molar-refractivity contribution >= 4 is 23.3 Å². The molecule has 2 amide bonds. The lowest BCUT2D eigenvalue weighted by Gasteiger charge is -2.42. The fraction of sp³-hybridized carbons (Fsp3) is 0.250. The molecule has 0 radical (unpaired) electrons. The predicted octanol–water partition coefficient (Wildman–Crippen LogP) is 4.82. The molecule has 1 saturated heterocycles. The topological polar surface area (TPSA) is 54.3 Å². The lowest BCUT2D eigenvalue weighted by atomic mass is 9.83. The van der Waals surface area contributed by atoms with Crippen molar-refractivity contribution in [3.8, 4) is 11.1 Å². The molecule has 1 N–H and O–H groups in total. The molecule has 3 aromatic rings. The first-order valence-electron chi connectivity index (χ1n) is 10.2. The van der Waals surface area contributed by atoms with E-state index in [2.05, 4.69) is 5.32 Å². The minimum Gasteiger partial charge on any atom is -0.324 e. The van der Waals surface area contributed by atoms with Crippen LogP contribution < -0.4 is 10.9 Å². The van der Waals surface area contributed by atoms with Gasteiger partial charge in [0.1, 0.15) is 0 Å². The number of pyridine rings is 1. The van der Waals surface area contributed by atoms with Gasteiger partial charge in [-0.3, -0.25) is 4.79 Å². The second-order valence-corrected chi connectivity index (χ2v) is 8.53. The van der Waals surface area contributed by atoms with Gasteiger partial charge in [0.05, 0.1) is 0 Å². The first-order valence-corrected chi connectivity index (χ1v) is 10.6. The van der Waals surface area contributed by atoms with Crippen LogP contribution in [0.3, 0.4) is 0 Å². The number of amides is 2. The summed E-state index contributed by atoms with van der Waals surface area (Å²) >= 11 is 5.99. The van der Waals surface area contributed by atoms with Gasteiger partial charge < -0.3 is 14.8 Å². The molecule has 1 aromatic heterocycles. The van der Waals surface area contributed by atoms with Crippen molar-refractivity contribution in [1.82, 2.24) is 9.47 Å². The summed E-state index contributed by atoms with van der Waals surface area (Å²) in [4.78, 5) is 27.9. The quantitative estimate of drug-likeness (QED) is 0.647. The SMILES string of the molecule is O=C(Nc1ccccc1)N1C[C@@H]2C[C@H](C1)c1ccc(-c3ccc(Cl)cc3)c(=O)n1C2. The van der Waals surface area contributed by atoms with E-state index in [-0.39, 0.29) is 23.4 Å². The Labute approximate surface area is 179 Å². The maximum Gasteiger partial charge on any atom is 0.321 e. The molecule has 2 aromatic carbocycles. The van der Waals surface area contributed by atoms with Crippen molar-refractivity contribution in [2.75, 3.05) is 18.4 Å². The summed E-state index contributed by atoms with van der Waals surface area (Å²) in [6.45, 7) is 1.92. The molecule has 2 aliphatic rings. The molecule has 5 nitrogen and oxygen atoms in total. The van der Waals surface area contributed by atoms with Crippen LogP contribution >= 0.6 is 11.6 Å². The van der Waals surface area contributed by atoms with E-state index in [1.807, 2.05) is 64.1 Å². The number of carbonyl (C=O) groups is 1. The van der Waals surface area contributed by atoms with Gasteiger partial charge in [-0.25, -0.2) is 4.79 Å². The maximum absolute atomic E-state index is 13.2. The molecule has 2 aliphatic heterocycles. The highest BCUT2D eigenvalue weighted by Gasteiger charge is 2.36. The van der Waals surface area contributed by atoms with Crippen molar-refractivity contribution in [2.24, 2.45) is 5.92 Å². The van der Waals surface area contributed by atoms with Crippen LogP contribution in [0.1, 0.15) is 18.0 Å². The van der Waals surface area contributed by atoms with Crippen LogP contribution in [0.5, 0.6) is 0 Å². The van der Waals surface area contributed by atoms with Crippen molar-refractivity contribution in [3.05, 3.63) is 87.8 Å². The molecule has 5 rings (SSSR count). The molecule has 30 heavy (non-hydrogen) atoms. The van der Waals surface area contributed by atoms with Gasteiger partial charge in [0.15, 0.2) is 0 Å². The molecule has 0 unspecified atom stereocenters. The standard InChI is InChI=1S/C24H22ClN3O2/c25-19-8-6-17(7-9-19)21-10-11-22-18-12-16(14-28(22)23(21)29)13-27(15-18)24(30)26-20-4-2-1-3-5-20/h1-11,16,18H,12-15H2,(H,26,30)/t16-,18+/m0/s1. The summed E-state index contributed by atoms with van der Waals surface area (Å²) in [6.07, 6.45) is 1.01. The highest BCUT2D eigenvalue weighted by Crippen LogP contribution is 2.36. The molecule has 2 atom stereocenters. The third-order valence-corrected chi connectivity index (χ3v) is 6.32. The highest BCUT2D eigenvalue weighted by molar-refractivity contribution is 6.30. The minimum absolute atomic E-state index is 0.0340. The summed E-state index contributed by atoms with van der Waals surface area (Å²) < 4.78 is 1.91. The van der Waals surface area contributed by atoms with Crippen LogP contribution in [0.25, 0.3) is 11.1 Å². The van der Waals surface area contributed by atoms with E-state index in [1.54, 1.807) is 12.1 Å². The van der Waals surface area contributed by atoms with Crippen LogP contribution in [-0.4, -0.2) is 28.6 Å². The van der Waals surface area contributed by atoms with E-state index in [9.17, 15) is 9.59 Å². The van der Waals surface area contributed by atoms with E-state index in [0.29, 0.717) is 30.2 Å². The third-order valence-electron chi connectivity index (χ3n) is 6.07. The number of benzene rings is 2. The predicted molar refractivity (Wildman–Crippen MR) is 119 cm³/mol. The summed E-state index contributed by atoms with van der Waals surface area (Å²) in [5.41, 5.74) is 3.41. The van der Waals surface area contributed by atoms with Gasteiger partial charge in [-0.2, -0.15) is 0 Å². The molecule has 2 bridgehead atoms. The van der Waals surface area contributed by atoms with E-state index in [4.69, 9.17) is 11.6 Å². The second kappa shape index (κ2) is 7.65. The molecule has 6 heteroatoms. The van der Waals surface area contributed by atoms with E-state index in [1.165, 1.54) is 0 Å². The minimum atomic E-state index is -0.0792. The molecule has 0 aliphatic carbocycles. The fourth-order valence-corrected chi connectivity index (χ4v) is 4.81. The number of hydrogen-bond acceptors (Lipinski definition) is 2. The maximum atomic E-state index is 13.2. The molecule has 0 saturated carbocycles. The number of piperidine rings is 1. The number of para-hydroxylation sites is 1. The average molecular weight is 420 g/mol. The van der Waals surface area contributed by atoms with Gasteiger partial charge >= 0.3 is 6.03 Å². The lowest BCUT2D eigenvalue weighted by Crippen LogP contribution is -2.50. The van der Waals surface area contributed by atoms with E-state index >= 15 is 0 Å². The number of urea groups is 1. The first-order chi connectivity index (χ1) is 14.6. The van der Waals surface area contributed by atoms with Crippen molar-refractivity contribution in [1.29, 1.82) is 0 Å². The molecule has 1 fully saturated rings. The Morgan fingerprint density at radius 3 is 2.47 bits per heavy atom. The largest absolute Gasteiger partial charge is 0.324 e. The smallest absolute Gasteiger partial charge is 0.321 e. The highest BCUT2D eigenvalue weighted by atomic mass is 35.5. The summed E-state index contributed by atoms with van der Waals surface area (Å²) in [7, 11) is 0. The van der Waals surface area contributed by atoms with Crippen LogP contribution in [0, 0.1) is 5.92 Å². The normalized spacial score (nSPS) is 19.8. The zero-order chi connectivity index (χ0) is 20.7. The molecular formula is C24H22ClN3O2. The monoisotopic (exact) mass is 419 g/mol. The number of fused-ring (bicyclic) bond motifs is 4. The number of halogens is 1. The Bertz CT molecular complexity index is 1140. The Hall–Kier alpha value is -3.05. The van der Waals surface area contributed by atoms with Gasteiger partial charge in [0.2, 0.25) is 0 Å². The Kier molecular flexibility index (Phi) is 4.83. The van der Waals surface area contributed by atoms with Crippen molar-refractivity contribution < 1.29 is 4.79 Å². The molecule has 0 spiro atoms. The summed E-state index contributed by atoms with van der Waals surface area (Å²) in [5.74, 6) is 0.446. The fourth-order valence-electron chi connectivity index (χ4n) is 4.68. The van der Waals surface area contributed by atoms with Crippen LogP contribution in [0.15, 0.2) is 71.5 Å². The molecule has 3 heterocycles. The average Bonchev–Trinajstić information content (AvgIpc) is 2.76. The van der Waals surface area contributed by atoms with Gasteiger partial charge in [-0.05, 0) is 54.3 Å². The van der Waals surface area contributed by atoms with E-state index < -0.39 is 0 Å². The Balaban J connectivity index is 1.40. The number of anilines is 1. The lowest BCUT2D eigenvalue weighted by molar-refractivity contribution is 0.139. The molecule has 152 valence electrons.